The summed E-state index contributed by atoms with van der Waals surface area (Å²) in [7, 11) is 0. The molecule has 1 N–H and O–H groups in total. The number of amides is 1. The number of aliphatic hydroxyl groups is 1. The van der Waals surface area contributed by atoms with Crippen molar-refractivity contribution >= 4 is 5.91 Å². The monoisotopic (exact) mass is 215 g/mol. The van der Waals surface area contributed by atoms with Crippen molar-refractivity contribution in [3.8, 4) is 0 Å². The Balaban J connectivity index is 0.000000336. The predicted octanol–water partition coefficient (Wildman–Crippen LogP) is 2.19. The van der Waals surface area contributed by atoms with Crippen LogP contribution in [-0.2, 0) is 4.79 Å². The number of hydrogen-bond donors (Lipinski definition) is 1. The standard InChI is InChI=1S/C7H13NO2.C5H12/c1-6(9)7(10)8-4-2-3-5-8;1-3-5-4-2/h6,9H,2-5H2,1H3;3-5H2,1-2H3/t6-;/m0./s1. The smallest absolute Gasteiger partial charge is 0.251 e. The first kappa shape index (κ1) is 14.4. The summed E-state index contributed by atoms with van der Waals surface area (Å²) in [4.78, 5) is 12.7. The van der Waals surface area contributed by atoms with E-state index in [1.807, 2.05) is 0 Å². The van der Waals surface area contributed by atoms with Gasteiger partial charge in [-0.1, -0.05) is 33.1 Å². The summed E-state index contributed by atoms with van der Waals surface area (Å²) < 4.78 is 0. The highest BCUT2D eigenvalue weighted by atomic mass is 16.3. The number of aliphatic hydroxyl groups excluding tert-OH is 1. The minimum Gasteiger partial charge on any atom is -0.384 e. The van der Waals surface area contributed by atoms with Crippen molar-refractivity contribution < 1.29 is 9.90 Å². The lowest BCUT2D eigenvalue weighted by atomic mass is 10.3. The van der Waals surface area contributed by atoms with E-state index in [9.17, 15) is 4.79 Å². The minimum absolute atomic E-state index is 0.127. The molecule has 1 rings (SSSR count). The van der Waals surface area contributed by atoms with Crippen LogP contribution in [0.3, 0.4) is 0 Å². The number of unbranched alkanes of at least 4 members (excludes halogenated alkanes) is 2. The lowest BCUT2D eigenvalue weighted by Crippen LogP contribution is -2.35. The predicted molar refractivity (Wildman–Crippen MR) is 62.7 cm³/mol. The zero-order valence-electron chi connectivity index (χ0n) is 10.3. The van der Waals surface area contributed by atoms with Crippen LogP contribution in [0, 0.1) is 0 Å². The third-order valence-corrected chi connectivity index (χ3v) is 2.48. The van der Waals surface area contributed by atoms with Gasteiger partial charge in [-0.3, -0.25) is 4.79 Å². The van der Waals surface area contributed by atoms with E-state index in [4.69, 9.17) is 5.11 Å². The Morgan fingerprint density at radius 2 is 1.73 bits per heavy atom. The summed E-state index contributed by atoms with van der Waals surface area (Å²) >= 11 is 0. The van der Waals surface area contributed by atoms with Crippen molar-refractivity contribution in [1.82, 2.24) is 4.90 Å². The van der Waals surface area contributed by atoms with E-state index >= 15 is 0 Å². The SMILES string of the molecule is CCCCC.C[C@H](O)C(=O)N1CCCC1. The second-order valence-electron chi connectivity index (χ2n) is 4.06. The fraction of sp³-hybridized carbons (Fsp3) is 0.917. The molecule has 1 atom stereocenters. The molecule has 0 radical (unpaired) electrons. The maximum atomic E-state index is 11.0. The van der Waals surface area contributed by atoms with E-state index in [1.54, 1.807) is 4.90 Å². The molecule has 3 nitrogen and oxygen atoms in total. The molecule has 1 fully saturated rings. The third kappa shape index (κ3) is 6.50. The Kier molecular flexibility index (Phi) is 8.38. The van der Waals surface area contributed by atoms with E-state index in [2.05, 4.69) is 13.8 Å². The molecule has 15 heavy (non-hydrogen) atoms. The number of carbonyl (C=O) groups is 1. The summed E-state index contributed by atoms with van der Waals surface area (Å²) in [5, 5.41) is 8.89. The van der Waals surface area contributed by atoms with Gasteiger partial charge < -0.3 is 10.0 Å². The Hall–Kier alpha value is -0.570. The molecule has 0 saturated carbocycles. The van der Waals surface area contributed by atoms with Crippen LogP contribution in [0.25, 0.3) is 0 Å². The van der Waals surface area contributed by atoms with Gasteiger partial charge in [0.05, 0.1) is 0 Å². The molecule has 1 aliphatic heterocycles. The third-order valence-electron chi connectivity index (χ3n) is 2.48. The van der Waals surface area contributed by atoms with Gasteiger partial charge in [0.25, 0.3) is 5.91 Å². The molecule has 1 heterocycles. The van der Waals surface area contributed by atoms with Gasteiger partial charge in [-0.05, 0) is 19.8 Å². The molecule has 1 amide bonds. The van der Waals surface area contributed by atoms with Crippen LogP contribution in [0.5, 0.6) is 0 Å². The van der Waals surface area contributed by atoms with Crippen LogP contribution in [0.4, 0.5) is 0 Å². The lowest BCUT2D eigenvalue weighted by Gasteiger charge is -2.16. The minimum atomic E-state index is -0.821. The highest BCUT2D eigenvalue weighted by molar-refractivity contribution is 5.80. The molecule has 0 aromatic rings. The summed E-state index contributed by atoms with van der Waals surface area (Å²) in [6.07, 6.45) is 5.42. The Morgan fingerprint density at radius 3 is 2.00 bits per heavy atom. The van der Waals surface area contributed by atoms with Crippen LogP contribution in [0.1, 0.15) is 52.9 Å². The van der Waals surface area contributed by atoms with Gasteiger partial charge in [-0.15, -0.1) is 0 Å². The molecule has 3 heteroatoms. The van der Waals surface area contributed by atoms with E-state index in [-0.39, 0.29) is 5.91 Å². The van der Waals surface area contributed by atoms with Crippen molar-refractivity contribution in [2.75, 3.05) is 13.1 Å². The maximum absolute atomic E-state index is 11.0. The van der Waals surface area contributed by atoms with Gasteiger partial charge in [-0.25, -0.2) is 0 Å². The molecular formula is C12H25NO2. The van der Waals surface area contributed by atoms with Gasteiger partial charge in [0.2, 0.25) is 0 Å². The molecule has 0 bridgehead atoms. The molecule has 0 aliphatic carbocycles. The van der Waals surface area contributed by atoms with Crippen LogP contribution >= 0.6 is 0 Å². The largest absolute Gasteiger partial charge is 0.384 e. The molecule has 0 unspecified atom stereocenters. The molecular weight excluding hydrogens is 190 g/mol. The fourth-order valence-corrected chi connectivity index (χ4v) is 1.56. The van der Waals surface area contributed by atoms with Crippen LogP contribution in [0.2, 0.25) is 0 Å². The number of carbonyl (C=O) groups excluding carboxylic acids is 1. The van der Waals surface area contributed by atoms with E-state index < -0.39 is 6.10 Å². The van der Waals surface area contributed by atoms with Gasteiger partial charge >= 0.3 is 0 Å². The molecule has 0 aromatic heterocycles. The van der Waals surface area contributed by atoms with Crippen molar-refractivity contribution in [3.05, 3.63) is 0 Å². The second kappa shape index (κ2) is 8.72. The summed E-state index contributed by atoms with van der Waals surface area (Å²) in [6.45, 7) is 7.58. The first-order valence-electron chi connectivity index (χ1n) is 6.10. The van der Waals surface area contributed by atoms with E-state index in [0.717, 1.165) is 25.9 Å². The highest BCUT2D eigenvalue weighted by Gasteiger charge is 2.20. The molecule has 0 spiro atoms. The molecule has 90 valence electrons. The van der Waals surface area contributed by atoms with E-state index in [1.165, 1.54) is 26.2 Å². The fourth-order valence-electron chi connectivity index (χ4n) is 1.56. The molecule has 1 saturated heterocycles. The van der Waals surface area contributed by atoms with Crippen molar-refractivity contribution in [2.45, 2.75) is 59.0 Å². The maximum Gasteiger partial charge on any atom is 0.251 e. The number of likely N-dealkylation sites (tertiary alicyclic amines) is 1. The zero-order valence-corrected chi connectivity index (χ0v) is 10.3. The zero-order chi connectivity index (χ0) is 11.7. The summed E-state index contributed by atoms with van der Waals surface area (Å²) in [5.41, 5.74) is 0. The number of nitrogens with zero attached hydrogens (tertiary/aromatic N) is 1. The quantitative estimate of drug-likeness (QED) is 0.784. The van der Waals surface area contributed by atoms with Gasteiger partial charge in [-0.2, -0.15) is 0 Å². The van der Waals surface area contributed by atoms with Gasteiger partial charge in [0.1, 0.15) is 6.10 Å². The Bertz CT molecular complexity index is 161. The summed E-state index contributed by atoms with van der Waals surface area (Å²) in [6, 6.07) is 0. The summed E-state index contributed by atoms with van der Waals surface area (Å²) in [5.74, 6) is -0.127. The Labute approximate surface area is 93.5 Å². The van der Waals surface area contributed by atoms with Crippen LogP contribution < -0.4 is 0 Å². The topological polar surface area (TPSA) is 40.5 Å². The van der Waals surface area contributed by atoms with Crippen molar-refractivity contribution in [2.24, 2.45) is 0 Å². The average Bonchev–Trinajstić information content (AvgIpc) is 2.71. The number of rotatable bonds is 3. The first-order chi connectivity index (χ1) is 7.13. The average molecular weight is 215 g/mol. The van der Waals surface area contributed by atoms with Crippen LogP contribution in [0.15, 0.2) is 0 Å². The first-order valence-corrected chi connectivity index (χ1v) is 6.10. The normalized spacial score (nSPS) is 16.9. The van der Waals surface area contributed by atoms with Gasteiger partial charge in [0.15, 0.2) is 0 Å². The Morgan fingerprint density at radius 1 is 1.27 bits per heavy atom. The highest BCUT2D eigenvalue weighted by Crippen LogP contribution is 2.08. The van der Waals surface area contributed by atoms with Crippen molar-refractivity contribution in [3.63, 3.8) is 0 Å². The van der Waals surface area contributed by atoms with Crippen LogP contribution in [-0.4, -0.2) is 35.1 Å². The second-order valence-corrected chi connectivity index (χ2v) is 4.06. The van der Waals surface area contributed by atoms with Crippen molar-refractivity contribution in [1.29, 1.82) is 0 Å². The van der Waals surface area contributed by atoms with Gasteiger partial charge in [0, 0.05) is 13.1 Å². The molecule has 0 aromatic carbocycles. The van der Waals surface area contributed by atoms with E-state index in [0.29, 0.717) is 0 Å². The number of hydrogen-bond acceptors (Lipinski definition) is 2. The lowest BCUT2D eigenvalue weighted by molar-refractivity contribution is -0.138. The molecule has 1 aliphatic rings.